The number of carbonyl (C=O) groups is 2. The van der Waals surface area contributed by atoms with E-state index in [1.807, 2.05) is 24.5 Å². The minimum Gasteiger partial charge on any atom is -0.452 e. The number of benzene rings is 2. The van der Waals surface area contributed by atoms with Crippen LogP contribution in [0.5, 0.6) is 0 Å². The molecular weight excluding hydrogens is 322 g/mol. The molecule has 0 heterocycles. The summed E-state index contributed by atoms with van der Waals surface area (Å²) < 4.78 is 4.97. The second kappa shape index (κ2) is 7.87. The van der Waals surface area contributed by atoms with Crippen LogP contribution in [-0.4, -0.2) is 24.7 Å². The van der Waals surface area contributed by atoms with Crippen LogP contribution in [-0.2, 0) is 9.53 Å². The summed E-state index contributed by atoms with van der Waals surface area (Å²) in [6.45, 7) is -0.343. The lowest BCUT2D eigenvalue weighted by Gasteiger charge is -2.09. The largest absolute Gasteiger partial charge is 0.452 e. The van der Waals surface area contributed by atoms with Gasteiger partial charge in [0.25, 0.3) is 5.91 Å². The number of halogens is 1. The average molecular weight is 336 g/mol. The predicted molar refractivity (Wildman–Crippen MR) is 88.6 cm³/mol. The third-order valence-electron chi connectivity index (χ3n) is 2.80. The number of para-hydroxylation sites is 1. The molecule has 0 aliphatic rings. The molecular formula is C16H14ClNO3S. The van der Waals surface area contributed by atoms with Gasteiger partial charge in [-0.15, -0.1) is 11.8 Å². The van der Waals surface area contributed by atoms with Crippen molar-refractivity contribution >= 4 is 40.9 Å². The molecule has 0 radical (unpaired) electrons. The normalized spacial score (nSPS) is 10.1. The van der Waals surface area contributed by atoms with E-state index in [0.717, 1.165) is 4.90 Å². The Bertz CT molecular complexity index is 673. The molecule has 114 valence electrons. The van der Waals surface area contributed by atoms with Crippen molar-refractivity contribution in [1.29, 1.82) is 0 Å². The van der Waals surface area contributed by atoms with Crippen molar-refractivity contribution in [2.75, 3.05) is 18.2 Å². The van der Waals surface area contributed by atoms with Gasteiger partial charge in [-0.05, 0) is 42.7 Å². The molecule has 22 heavy (non-hydrogen) atoms. The molecule has 0 saturated heterocycles. The van der Waals surface area contributed by atoms with Crippen LogP contribution in [0.25, 0.3) is 0 Å². The lowest BCUT2D eigenvalue weighted by atomic mass is 10.2. The number of esters is 1. The molecule has 0 atom stereocenters. The molecule has 1 amide bonds. The van der Waals surface area contributed by atoms with Crippen LogP contribution in [0.2, 0.25) is 5.02 Å². The molecule has 2 aromatic carbocycles. The van der Waals surface area contributed by atoms with Crippen molar-refractivity contribution in [2.24, 2.45) is 0 Å². The second-order valence-corrected chi connectivity index (χ2v) is 5.62. The maximum absolute atomic E-state index is 11.9. The van der Waals surface area contributed by atoms with Gasteiger partial charge in [0.05, 0.1) is 11.3 Å². The lowest BCUT2D eigenvalue weighted by Crippen LogP contribution is -2.21. The van der Waals surface area contributed by atoms with Crippen molar-refractivity contribution in [2.45, 2.75) is 4.90 Å². The molecule has 1 N–H and O–H groups in total. The van der Waals surface area contributed by atoms with Gasteiger partial charge in [0.1, 0.15) is 0 Å². The molecule has 0 saturated carbocycles. The van der Waals surface area contributed by atoms with Crippen molar-refractivity contribution in [3.8, 4) is 0 Å². The highest BCUT2D eigenvalue weighted by Gasteiger charge is 2.11. The molecule has 0 aliphatic heterocycles. The van der Waals surface area contributed by atoms with Crippen LogP contribution in [0.15, 0.2) is 53.4 Å². The van der Waals surface area contributed by atoms with E-state index in [0.29, 0.717) is 16.3 Å². The highest BCUT2D eigenvalue weighted by atomic mass is 35.5. The van der Waals surface area contributed by atoms with Crippen molar-refractivity contribution in [1.82, 2.24) is 0 Å². The van der Waals surface area contributed by atoms with Crippen molar-refractivity contribution < 1.29 is 14.3 Å². The number of thioether (sulfide) groups is 1. The van der Waals surface area contributed by atoms with Crippen molar-refractivity contribution in [3.63, 3.8) is 0 Å². The quantitative estimate of drug-likeness (QED) is 0.666. The fraction of sp³-hybridized carbons (Fsp3) is 0.125. The summed E-state index contributed by atoms with van der Waals surface area (Å²) in [5.74, 6) is -0.950. The van der Waals surface area contributed by atoms with E-state index in [1.165, 1.54) is 11.8 Å². The molecule has 0 bridgehead atoms. The minimum absolute atomic E-state index is 0.343. The van der Waals surface area contributed by atoms with Gasteiger partial charge in [0.2, 0.25) is 0 Å². The zero-order chi connectivity index (χ0) is 15.9. The van der Waals surface area contributed by atoms with Gasteiger partial charge in [-0.25, -0.2) is 4.79 Å². The van der Waals surface area contributed by atoms with E-state index in [9.17, 15) is 9.59 Å². The Morgan fingerprint density at radius 1 is 1.14 bits per heavy atom. The van der Waals surface area contributed by atoms with Crippen LogP contribution in [0, 0.1) is 0 Å². The summed E-state index contributed by atoms with van der Waals surface area (Å²) in [7, 11) is 0. The van der Waals surface area contributed by atoms with Gasteiger partial charge in [-0.2, -0.15) is 0 Å². The molecule has 6 heteroatoms. The Kier molecular flexibility index (Phi) is 5.86. The van der Waals surface area contributed by atoms with E-state index in [4.69, 9.17) is 16.3 Å². The van der Waals surface area contributed by atoms with Gasteiger partial charge < -0.3 is 10.1 Å². The van der Waals surface area contributed by atoms with Crippen LogP contribution in [0.1, 0.15) is 10.4 Å². The Labute approximate surface area is 137 Å². The zero-order valence-corrected chi connectivity index (χ0v) is 13.4. The number of anilines is 1. The molecule has 0 spiro atoms. The molecule has 4 nitrogen and oxygen atoms in total. The van der Waals surface area contributed by atoms with Gasteiger partial charge in [0.15, 0.2) is 6.61 Å². The third-order valence-corrected chi connectivity index (χ3v) is 3.84. The summed E-state index contributed by atoms with van der Waals surface area (Å²) in [4.78, 5) is 24.6. The summed E-state index contributed by atoms with van der Waals surface area (Å²) in [5, 5.41) is 3.25. The molecule has 2 aromatic rings. The number of ether oxygens (including phenoxy) is 1. The summed E-state index contributed by atoms with van der Waals surface area (Å²) >= 11 is 7.27. The number of amides is 1. The van der Waals surface area contributed by atoms with Crippen LogP contribution < -0.4 is 5.32 Å². The molecule has 0 aromatic heterocycles. The Hall–Kier alpha value is -1.98. The Morgan fingerprint density at radius 2 is 1.82 bits per heavy atom. The first-order chi connectivity index (χ1) is 10.6. The molecule has 2 rings (SSSR count). The molecule has 0 fully saturated rings. The Morgan fingerprint density at radius 3 is 2.50 bits per heavy atom. The van der Waals surface area contributed by atoms with Crippen molar-refractivity contribution in [3.05, 3.63) is 59.1 Å². The van der Waals surface area contributed by atoms with Gasteiger partial charge in [0, 0.05) is 9.92 Å². The van der Waals surface area contributed by atoms with Gasteiger partial charge >= 0.3 is 5.97 Å². The summed E-state index contributed by atoms with van der Waals surface area (Å²) in [5.41, 5.74) is 1.05. The fourth-order valence-electron chi connectivity index (χ4n) is 1.73. The van der Waals surface area contributed by atoms with E-state index in [1.54, 1.807) is 30.3 Å². The molecule has 0 aliphatic carbocycles. The van der Waals surface area contributed by atoms with E-state index < -0.39 is 5.97 Å². The topological polar surface area (TPSA) is 55.4 Å². The summed E-state index contributed by atoms with van der Waals surface area (Å²) in [6, 6.07) is 13.7. The van der Waals surface area contributed by atoms with E-state index in [2.05, 4.69) is 5.32 Å². The first-order valence-corrected chi connectivity index (χ1v) is 8.06. The Balaban J connectivity index is 1.90. The predicted octanol–water partition coefficient (Wildman–Crippen LogP) is 3.86. The van der Waals surface area contributed by atoms with Gasteiger partial charge in [-0.3, -0.25) is 4.79 Å². The monoisotopic (exact) mass is 335 g/mol. The summed E-state index contributed by atoms with van der Waals surface area (Å²) in [6.07, 6.45) is 1.92. The maximum atomic E-state index is 11.9. The zero-order valence-electron chi connectivity index (χ0n) is 11.8. The fourth-order valence-corrected chi connectivity index (χ4v) is 2.41. The molecule has 0 unspecified atom stereocenters. The number of nitrogens with one attached hydrogen (secondary N) is 1. The average Bonchev–Trinajstić information content (AvgIpc) is 2.54. The van der Waals surface area contributed by atoms with Crippen LogP contribution >= 0.6 is 23.4 Å². The van der Waals surface area contributed by atoms with Gasteiger partial charge in [-0.1, -0.05) is 23.7 Å². The highest BCUT2D eigenvalue weighted by molar-refractivity contribution is 7.98. The third kappa shape index (κ3) is 4.51. The first-order valence-electron chi connectivity index (χ1n) is 6.45. The maximum Gasteiger partial charge on any atom is 0.338 e. The number of rotatable bonds is 5. The standard InChI is InChI=1S/C16H14ClNO3S/c1-22-14-5-3-2-4-13(14)18-15(19)10-21-16(20)11-6-8-12(17)9-7-11/h2-9H,10H2,1H3,(H,18,19). The SMILES string of the molecule is CSc1ccccc1NC(=O)COC(=O)c1ccc(Cl)cc1. The number of hydrogen-bond acceptors (Lipinski definition) is 4. The lowest BCUT2D eigenvalue weighted by molar-refractivity contribution is -0.119. The minimum atomic E-state index is -0.565. The van der Waals surface area contributed by atoms with Crippen LogP contribution in [0.3, 0.4) is 0 Å². The first kappa shape index (κ1) is 16.4. The van der Waals surface area contributed by atoms with Crippen LogP contribution in [0.4, 0.5) is 5.69 Å². The number of hydrogen-bond donors (Lipinski definition) is 1. The second-order valence-electron chi connectivity index (χ2n) is 4.33. The van der Waals surface area contributed by atoms with E-state index in [-0.39, 0.29) is 12.5 Å². The number of carbonyl (C=O) groups excluding carboxylic acids is 2. The smallest absolute Gasteiger partial charge is 0.338 e. The highest BCUT2D eigenvalue weighted by Crippen LogP contribution is 2.24. The van der Waals surface area contributed by atoms with E-state index >= 15 is 0 Å².